The molecule has 3 aromatic heterocycles. The highest BCUT2D eigenvalue weighted by atomic mass is 19.4. The fourth-order valence-electron chi connectivity index (χ4n) is 3.51. The lowest BCUT2D eigenvalue weighted by molar-refractivity contribution is -0.142. The van der Waals surface area contributed by atoms with Crippen molar-refractivity contribution >= 4 is 11.7 Å². The van der Waals surface area contributed by atoms with Gasteiger partial charge in [0.25, 0.3) is 5.91 Å². The molecule has 4 N–H and O–H groups in total. The number of carbonyl (C=O) groups is 1. The second-order valence-corrected chi connectivity index (χ2v) is 7.74. The van der Waals surface area contributed by atoms with Crippen LogP contribution in [0.25, 0.3) is 22.5 Å². The molecule has 0 aliphatic carbocycles. The summed E-state index contributed by atoms with van der Waals surface area (Å²) in [7, 11) is 0. The number of nitrogen functional groups attached to an aromatic ring is 1. The van der Waals surface area contributed by atoms with Crippen molar-refractivity contribution in [2.45, 2.75) is 31.4 Å². The highest BCUT2D eigenvalue weighted by Crippen LogP contribution is 2.27. The smallest absolute Gasteiger partial charge is 0.382 e. The molecule has 1 aliphatic heterocycles. The van der Waals surface area contributed by atoms with E-state index in [4.69, 9.17) is 5.73 Å². The molecule has 4 heterocycles. The summed E-state index contributed by atoms with van der Waals surface area (Å²) < 4.78 is 66.6. The molecule has 0 unspecified atom stereocenters. The Balaban J connectivity index is 1.60. The molecule has 3 aromatic rings. The van der Waals surface area contributed by atoms with Gasteiger partial charge in [0.05, 0.1) is 30.0 Å². The summed E-state index contributed by atoms with van der Waals surface area (Å²) in [6, 6.07) is 0.767. The van der Waals surface area contributed by atoms with Crippen LogP contribution in [0.4, 0.5) is 27.8 Å². The lowest BCUT2D eigenvalue weighted by Crippen LogP contribution is -2.49. The number of alkyl halides is 4. The summed E-state index contributed by atoms with van der Waals surface area (Å²) in [4.78, 5) is 24.6. The normalized spacial score (nSPS) is 18.6. The van der Waals surface area contributed by atoms with Crippen LogP contribution in [0.5, 0.6) is 0 Å². The molecule has 0 bridgehead atoms. The number of amides is 1. The van der Waals surface area contributed by atoms with Crippen molar-refractivity contribution in [2.75, 3.05) is 18.8 Å². The summed E-state index contributed by atoms with van der Waals surface area (Å²) >= 11 is 0. The molecule has 1 fully saturated rings. The van der Waals surface area contributed by atoms with Gasteiger partial charge in [-0.15, -0.1) is 0 Å². The molecule has 4 rings (SSSR count). The van der Waals surface area contributed by atoms with Crippen molar-refractivity contribution in [3.8, 4) is 22.5 Å². The average Bonchev–Trinajstić information content (AvgIpc) is 3.21. The molecule has 1 saturated heterocycles. The van der Waals surface area contributed by atoms with Crippen molar-refractivity contribution in [3.05, 3.63) is 42.4 Å². The minimum atomic E-state index is -4.46. The van der Waals surface area contributed by atoms with Crippen LogP contribution in [-0.4, -0.2) is 62.1 Å². The first kappa shape index (κ1) is 23.5. The van der Waals surface area contributed by atoms with Gasteiger partial charge in [-0.05, 0) is 6.07 Å². The maximum absolute atomic E-state index is 14.6. The molecule has 0 saturated carbocycles. The van der Waals surface area contributed by atoms with Crippen LogP contribution < -0.4 is 16.4 Å². The topological polar surface area (TPSA) is 124 Å². The van der Waals surface area contributed by atoms with Crippen LogP contribution in [0.15, 0.2) is 30.9 Å². The largest absolute Gasteiger partial charge is 0.408 e. The van der Waals surface area contributed by atoms with E-state index in [-0.39, 0.29) is 47.0 Å². The summed E-state index contributed by atoms with van der Waals surface area (Å²) in [5, 5.41) is 9.13. The maximum atomic E-state index is 14.6. The zero-order valence-corrected chi connectivity index (χ0v) is 17.5. The Hall–Kier alpha value is -3.68. The summed E-state index contributed by atoms with van der Waals surface area (Å²) in [6.45, 7) is -0.727. The number of hydrogen-bond acceptors (Lipinski definition) is 7. The van der Waals surface area contributed by atoms with E-state index in [0.29, 0.717) is 11.2 Å². The summed E-state index contributed by atoms with van der Waals surface area (Å²) in [5.41, 5.74) is 5.72. The Bertz CT molecular complexity index is 1200. The quantitative estimate of drug-likeness (QED) is 0.476. The third kappa shape index (κ3) is 5.44. The summed E-state index contributed by atoms with van der Waals surface area (Å²) in [5.74, 6) is -1.70. The molecule has 1 amide bonds. The van der Waals surface area contributed by atoms with Gasteiger partial charge in [-0.3, -0.25) is 14.5 Å². The van der Waals surface area contributed by atoms with Crippen LogP contribution >= 0.6 is 0 Å². The predicted molar refractivity (Wildman–Crippen MR) is 111 cm³/mol. The van der Waals surface area contributed by atoms with E-state index < -0.39 is 36.7 Å². The minimum absolute atomic E-state index is 0.0479. The SMILES string of the molecule is Nc1ncc(-c2cc(-c3cnn(CC(F)(F)F)c3)ncc2F)nc1C(=O)N[C@@H]1CNC[C@@H](F)C1. The molecule has 2 atom stereocenters. The molecule has 0 spiro atoms. The van der Waals surface area contributed by atoms with Crippen molar-refractivity contribution in [1.82, 2.24) is 35.4 Å². The fraction of sp³-hybridized carbons (Fsp3) is 0.350. The highest BCUT2D eigenvalue weighted by Gasteiger charge is 2.29. The minimum Gasteiger partial charge on any atom is -0.382 e. The molecule has 180 valence electrons. The van der Waals surface area contributed by atoms with Crippen LogP contribution in [0.2, 0.25) is 0 Å². The standard InChI is InChI=1S/C20H19F5N8O/c21-11-1-12(5-27-4-11)31-19(34)17-18(26)29-7-16(32-17)13-2-15(28-6-14(13)22)10-3-30-33(8-10)9-20(23,24)25/h2-3,6-8,11-12,27H,1,4-5,9H2,(H2,26,29)(H,31,34)/t11-,12-/m0/s1. The van der Waals surface area contributed by atoms with Crippen molar-refractivity contribution in [1.29, 1.82) is 0 Å². The van der Waals surface area contributed by atoms with Crippen molar-refractivity contribution < 1.29 is 26.7 Å². The number of aromatic nitrogens is 5. The second kappa shape index (κ2) is 9.29. The van der Waals surface area contributed by atoms with Crippen LogP contribution in [0, 0.1) is 5.82 Å². The number of piperidine rings is 1. The molecular formula is C20H19F5N8O. The zero-order chi connectivity index (χ0) is 24.5. The third-order valence-corrected chi connectivity index (χ3v) is 5.05. The molecule has 9 nitrogen and oxygen atoms in total. The van der Waals surface area contributed by atoms with Gasteiger partial charge in [0, 0.05) is 42.9 Å². The van der Waals surface area contributed by atoms with Gasteiger partial charge < -0.3 is 16.4 Å². The molecule has 1 aliphatic rings. The van der Waals surface area contributed by atoms with Crippen molar-refractivity contribution in [2.24, 2.45) is 0 Å². The third-order valence-electron chi connectivity index (χ3n) is 5.05. The van der Waals surface area contributed by atoms with Crippen LogP contribution in [-0.2, 0) is 6.54 Å². The Morgan fingerprint density at radius 3 is 2.74 bits per heavy atom. The maximum Gasteiger partial charge on any atom is 0.408 e. The van der Waals surface area contributed by atoms with Crippen LogP contribution in [0.1, 0.15) is 16.9 Å². The fourth-order valence-corrected chi connectivity index (χ4v) is 3.51. The Labute approximate surface area is 189 Å². The monoisotopic (exact) mass is 482 g/mol. The number of nitrogens with two attached hydrogens (primary N) is 1. The van der Waals surface area contributed by atoms with E-state index in [1.165, 1.54) is 12.3 Å². The molecule has 34 heavy (non-hydrogen) atoms. The lowest BCUT2D eigenvalue weighted by Gasteiger charge is -2.26. The molecule has 14 heteroatoms. The molecule has 0 aromatic carbocycles. The number of carbonyl (C=O) groups excluding carboxylic acids is 1. The highest BCUT2D eigenvalue weighted by molar-refractivity contribution is 5.97. The second-order valence-electron chi connectivity index (χ2n) is 7.74. The first-order valence-electron chi connectivity index (χ1n) is 10.1. The van der Waals surface area contributed by atoms with E-state index >= 15 is 0 Å². The predicted octanol–water partition coefficient (Wildman–Crippen LogP) is 2.12. The van der Waals surface area contributed by atoms with E-state index in [1.807, 2.05) is 0 Å². The van der Waals surface area contributed by atoms with Gasteiger partial charge >= 0.3 is 6.18 Å². The van der Waals surface area contributed by atoms with Gasteiger partial charge in [-0.1, -0.05) is 0 Å². The summed E-state index contributed by atoms with van der Waals surface area (Å²) in [6.07, 6.45) is -1.13. The Kier molecular flexibility index (Phi) is 6.41. The van der Waals surface area contributed by atoms with Gasteiger partial charge in [0.1, 0.15) is 12.7 Å². The number of rotatable bonds is 5. The first-order chi connectivity index (χ1) is 16.1. The van der Waals surface area contributed by atoms with Crippen molar-refractivity contribution in [3.63, 3.8) is 0 Å². The van der Waals surface area contributed by atoms with Crippen LogP contribution in [0.3, 0.4) is 0 Å². The van der Waals surface area contributed by atoms with E-state index in [2.05, 4.69) is 30.7 Å². The number of anilines is 1. The van der Waals surface area contributed by atoms with Gasteiger partial charge in [0.2, 0.25) is 0 Å². The van der Waals surface area contributed by atoms with E-state index in [1.54, 1.807) is 0 Å². The number of nitrogens with one attached hydrogen (secondary N) is 2. The lowest BCUT2D eigenvalue weighted by atomic mass is 10.1. The number of halogens is 5. The number of hydrogen-bond donors (Lipinski definition) is 3. The Morgan fingerprint density at radius 2 is 2.00 bits per heavy atom. The first-order valence-corrected chi connectivity index (χ1v) is 10.1. The molecule has 0 radical (unpaired) electrons. The number of pyridine rings is 1. The zero-order valence-electron chi connectivity index (χ0n) is 17.5. The van der Waals surface area contributed by atoms with E-state index in [0.717, 1.165) is 18.6 Å². The Morgan fingerprint density at radius 1 is 1.21 bits per heavy atom. The van der Waals surface area contributed by atoms with Gasteiger partial charge in [-0.25, -0.2) is 18.7 Å². The molecular weight excluding hydrogens is 463 g/mol. The number of nitrogens with zero attached hydrogens (tertiary/aromatic N) is 5. The van der Waals surface area contributed by atoms with Gasteiger partial charge in [0.15, 0.2) is 17.3 Å². The van der Waals surface area contributed by atoms with E-state index in [9.17, 15) is 26.7 Å². The van der Waals surface area contributed by atoms with Gasteiger partial charge in [-0.2, -0.15) is 18.3 Å². The average molecular weight is 482 g/mol.